The van der Waals surface area contributed by atoms with E-state index in [-0.39, 0.29) is 17.8 Å². The molecular formula is C25H23FN6O2. The molecule has 0 N–H and O–H groups in total. The lowest BCUT2D eigenvalue weighted by molar-refractivity contribution is 0.0582. The van der Waals surface area contributed by atoms with Gasteiger partial charge in [0.05, 0.1) is 29.7 Å². The largest absolute Gasteiger partial charge is 0.431 e. The summed E-state index contributed by atoms with van der Waals surface area (Å²) in [5.74, 6) is 0.140. The zero-order valence-electron chi connectivity index (χ0n) is 18.6. The first kappa shape index (κ1) is 20.6. The van der Waals surface area contributed by atoms with Crippen LogP contribution in [-0.4, -0.2) is 56.5 Å². The Hall–Kier alpha value is -4.01. The number of piperidine rings is 1. The van der Waals surface area contributed by atoms with Gasteiger partial charge in [-0.25, -0.2) is 4.39 Å². The summed E-state index contributed by atoms with van der Waals surface area (Å²) in [6, 6.07) is 12.7. The van der Waals surface area contributed by atoms with E-state index in [9.17, 15) is 9.18 Å². The molecule has 2 saturated heterocycles. The molecule has 34 heavy (non-hydrogen) atoms. The summed E-state index contributed by atoms with van der Waals surface area (Å²) < 4.78 is 19.3. The van der Waals surface area contributed by atoms with Crippen molar-refractivity contribution in [1.29, 1.82) is 0 Å². The molecule has 2 aromatic carbocycles. The Kier molecular flexibility index (Phi) is 4.90. The molecule has 172 valence electrons. The molecule has 2 aliphatic heterocycles. The number of aromatic nitrogens is 4. The third-order valence-electron chi connectivity index (χ3n) is 6.71. The van der Waals surface area contributed by atoms with Gasteiger partial charge in [-0.05, 0) is 37.6 Å². The number of likely N-dealkylation sites (tertiary alicyclic amines) is 1. The summed E-state index contributed by atoms with van der Waals surface area (Å²) in [6.07, 6.45) is 5.67. The summed E-state index contributed by atoms with van der Waals surface area (Å²) in [7, 11) is 0. The quantitative estimate of drug-likeness (QED) is 0.464. The van der Waals surface area contributed by atoms with Crippen molar-refractivity contribution in [3.63, 3.8) is 0 Å². The molecule has 0 saturated carbocycles. The number of hydrogen-bond acceptors (Lipinski definition) is 6. The SMILES string of the molecule is Cc1ccc(-n2nccn2)c(C(=O)N2CC[C@H]3CN(c4nc(-c5cccc(F)c5)co4)[C@H]3C2)c1. The fraction of sp³-hybridized carbons (Fsp3) is 0.280. The highest BCUT2D eigenvalue weighted by Crippen LogP contribution is 2.37. The Bertz CT molecular complexity index is 1350. The van der Waals surface area contributed by atoms with Gasteiger partial charge >= 0.3 is 0 Å². The van der Waals surface area contributed by atoms with E-state index in [2.05, 4.69) is 20.1 Å². The molecule has 0 unspecified atom stereocenters. The number of carbonyl (C=O) groups excluding carboxylic acids is 1. The lowest BCUT2D eigenvalue weighted by Gasteiger charge is -2.52. The van der Waals surface area contributed by atoms with Gasteiger partial charge in [0, 0.05) is 31.1 Å². The van der Waals surface area contributed by atoms with Gasteiger partial charge in [-0.3, -0.25) is 4.79 Å². The first-order valence-electron chi connectivity index (χ1n) is 11.3. The standard InChI is InChI=1S/C25H23FN6O2/c1-16-5-6-22(32-27-8-9-28-32)20(11-16)24(33)30-10-7-18-13-31(23(18)14-30)25-29-21(15-34-25)17-3-2-4-19(26)12-17/h2-6,8-9,11-12,15,18,23H,7,10,13-14H2,1H3/t18-,23-/m0/s1. The van der Waals surface area contributed by atoms with Crippen molar-refractivity contribution < 1.29 is 13.6 Å². The Morgan fingerprint density at radius 3 is 2.79 bits per heavy atom. The van der Waals surface area contributed by atoms with Crippen molar-refractivity contribution in [2.75, 3.05) is 24.5 Å². The van der Waals surface area contributed by atoms with Gasteiger partial charge in [-0.1, -0.05) is 23.8 Å². The van der Waals surface area contributed by atoms with Crippen LogP contribution in [0.3, 0.4) is 0 Å². The number of fused-ring (bicyclic) bond motifs is 1. The molecule has 8 nitrogen and oxygen atoms in total. The van der Waals surface area contributed by atoms with Crippen LogP contribution in [0.5, 0.6) is 0 Å². The number of rotatable bonds is 4. The van der Waals surface area contributed by atoms with Crippen molar-refractivity contribution >= 4 is 11.9 Å². The van der Waals surface area contributed by atoms with E-state index in [1.807, 2.05) is 30.0 Å². The van der Waals surface area contributed by atoms with E-state index in [0.29, 0.717) is 47.5 Å². The molecule has 0 bridgehead atoms. The highest BCUT2D eigenvalue weighted by Gasteiger charge is 2.45. The van der Waals surface area contributed by atoms with E-state index < -0.39 is 0 Å². The average Bonchev–Trinajstić information content (AvgIpc) is 3.52. The van der Waals surface area contributed by atoms with Crippen molar-refractivity contribution in [1.82, 2.24) is 24.9 Å². The fourth-order valence-electron chi connectivity index (χ4n) is 4.88. The summed E-state index contributed by atoms with van der Waals surface area (Å²) in [5.41, 5.74) is 3.53. The van der Waals surface area contributed by atoms with Crippen LogP contribution in [0.1, 0.15) is 22.3 Å². The van der Waals surface area contributed by atoms with Gasteiger partial charge < -0.3 is 14.2 Å². The second-order valence-electron chi connectivity index (χ2n) is 8.88. The lowest BCUT2D eigenvalue weighted by atomic mass is 9.82. The molecule has 4 heterocycles. The second-order valence-corrected chi connectivity index (χ2v) is 8.88. The molecule has 2 aliphatic rings. The summed E-state index contributed by atoms with van der Waals surface area (Å²) >= 11 is 0. The van der Waals surface area contributed by atoms with Crippen LogP contribution < -0.4 is 4.90 Å². The van der Waals surface area contributed by atoms with Gasteiger partial charge in [0.25, 0.3) is 11.9 Å². The number of amides is 1. The number of anilines is 1. The minimum absolute atomic E-state index is 0.0332. The zero-order chi connectivity index (χ0) is 23.2. The van der Waals surface area contributed by atoms with Gasteiger partial charge in [0.1, 0.15) is 17.8 Å². The Labute approximate surface area is 195 Å². The number of nitrogens with zero attached hydrogens (tertiary/aromatic N) is 6. The van der Waals surface area contributed by atoms with Crippen molar-refractivity contribution in [3.8, 4) is 16.9 Å². The average molecular weight is 458 g/mol. The molecular weight excluding hydrogens is 435 g/mol. The maximum absolute atomic E-state index is 13.6. The number of hydrogen-bond donors (Lipinski definition) is 0. The summed E-state index contributed by atoms with van der Waals surface area (Å²) in [6.45, 7) is 4.09. The van der Waals surface area contributed by atoms with Crippen LogP contribution in [0.2, 0.25) is 0 Å². The van der Waals surface area contributed by atoms with E-state index in [4.69, 9.17) is 4.42 Å². The molecule has 1 amide bonds. The number of oxazole rings is 1. The van der Waals surface area contributed by atoms with Crippen LogP contribution in [0.4, 0.5) is 10.4 Å². The molecule has 0 radical (unpaired) electrons. The maximum atomic E-state index is 13.6. The summed E-state index contributed by atoms with van der Waals surface area (Å²) in [4.78, 5) is 23.6. The zero-order valence-corrected chi connectivity index (χ0v) is 18.6. The van der Waals surface area contributed by atoms with E-state index in [1.54, 1.807) is 30.8 Å². The minimum Gasteiger partial charge on any atom is -0.431 e. The van der Waals surface area contributed by atoms with Gasteiger partial charge in [0.15, 0.2) is 0 Å². The first-order chi connectivity index (χ1) is 16.6. The number of halogens is 1. The molecule has 2 aromatic heterocycles. The topological polar surface area (TPSA) is 80.3 Å². The third-order valence-corrected chi connectivity index (χ3v) is 6.71. The number of aryl methyl sites for hydroxylation is 1. The smallest absolute Gasteiger partial charge is 0.298 e. The Morgan fingerprint density at radius 1 is 1.12 bits per heavy atom. The van der Waals surface area contributed by atoms with Crippen LogP contribution in [-0.2, 0) is 0 Å². The highest BCUT2D eigenvalue weighted by atomic mass is 19.1. The fourth-order valence-corrected chi connectivity index (χ4v) is 4.88. The van der Waals surface area contributed by atoms with Gasteiger partial charge in [-0.15, -0.1) is 0 Å². The van der Waals surface area contributed by atoms with Crippen LogP contribution >= 0.6 is 0 Å². The van der Waals surface area contributed by atoms with Gasteiger partial charge in [-0.2, -0.15) is 20.0 Å². The molecule has 9 heteroatoms. The third kappa shape index (κ3) is 3.53. The minimum atomic E-state index is -0.312. The van der Waals surface area contributed by atoms with Gasteiger partial charge in [0.2, 0.25) is 0 Å². The highest BCUT2D eigenvalue weighted by molar-refractivity contribution is 5.98. The predicted molar refractivity (Wildman–Crippen MR) is 123 cm³/mol. The normalized spacial score (nSPS) is 19.6. The van der Waals surface area contributed by atoms with E-state index >= 15 is 0 Å². The van der Waals surface area contributed by atoms with Crippen molar-refractivity contribution in [2.45, 2.75) is 19.4 Å². The lowest BCUT2D eigenvalue weighted by Crippen LogP contribution is -2.65. The molecule has 0 aliphatic carbocycles. The number of benzene rings is 2. The molecule has 2 atom stereocenters. The summed E-state index contributed by atoms with van der Waals surface area (Å²) in [5, 5.41) is 8.42. The predicted octanol–water partition coefficient (Wildman–Crippen LogP) is 3.72. The van der Waals surface area contributed by atoms with Crippen LogP contribution in [0.15, 0.2) is 65.5 Å². The second kappa shape index (κ2) is 8.09. The van der Waals surface area contributed by atoms with Crippen LogP contribution in [0, 0.1) is 18.7 Å². The monoisotopic (exact) mass is 458 g/mol. The van der Waals surface area contributed by atoms with Crippen LogP contribution in [0.25, 0.3) is 16.9 Å². The van der Waals surface area contributed by atoms with Crippen molar-refractivity contribution in [2.24, 2.45) is 5.92 Å². The van der Waals surface area contributed by atoms with E-state index in [0.717, 1.165) is 18.5 Å². The number of carbonyl (C=O) groups is 1. The molecule has 4 aromatic rings. The first-order valence-corrected chi connectivity index (χ1v) is 11.3. The molecule has 2 fully saturated rings. The van der Waals surface area contributed by atoms with Crippen molar-refractivity contribution in [3.05, 3.63) is 78.1 Å². The maximum Gasteiger partial charge on any atom is 0.298 e. The van der Waals surface area contributed by atoms with E-state index in [1.165, 1.54) is 16.9 Å². The Morgan fingerprint density at radius 2 is 1.97 bits per heavy atom. The molecule has 6 rings (SSSR count). The Balaban J connectivity index is 1.22. The molecule has 0 spiro atoms.